The Morgan fingerprint density at radius 1 is 1.36 bits per heavy atom. The lowest BCUT2D eigenvalue weighted by atomic mass is 10.2. The molecule has 2 heterocycles. The van der Waals surface area contributed by atoms with Crippen molar-refractivity contribution in [2.45, 2.75) is 13.5 Å². The number of nitrogens with one attached hydrogen (secondary N) is 2. The summed E-state index contributed by atoms with van der Waals surface area (Å²) in [5.74, 6) is -0.665. The van der Waals surface area contributed by atoms with Crippen LogP contribution >= 0.6 is 11.3 Å². The van der Waals surface area contributed by atoms with Gasteiger partial charge in [-0.15, -0.1) is 11.3 Å². The Morgan fingerprint density at radius 3 is 2.76 bits per heavy atom. The molecular formula is C18H20FN3O2S. The molecule has 0 aliphatic heterocycles. The molecule has 1 amide bonds. The number of hydrogen-bond acceptors (Lipinski definition) is 4. The van der Waals surface area contributed by atoms with Crippen LogP contribution in [0.1, 0.15) is 20.9 Å². The zero-order chi connectivity index (χ0) is 18.1. The molecule has 1 aromatic carbocycles. The Labute approximate surface area is 149 Å². The lowest BCUT2D eigenvalue weighted by Crippen LogP contribution is -2.18. The number of anilines is 1. The first-order chi connectivity index (χ1) is 11.9. The van der Waals surface area contributed by atoms with Crippen LogP contribution in [0.3, 0.4) is 0 Å². The fraction of sp³-hybridized carbons (Fsp3) is 0.278. The van der Waals surface area contributed by atoms with E-state index in [9.17, 15) is 9.18 Å². The number of hydrogen-bond donors (Lipinski definition) is 2. The van der Waals surface area contributed by atoms with Crippen LogP contribution in [0.5, 0.6) is 5.75 Å². The molecule has 0 unspecified atom stereocenters. The number of aromatic nitrogens is 1. The van der Waals surface area contributed by atoms with Gasteiger partial charge in [0, 0.05) is 28.7 Å². The van der Waals surface area contributed by atoms with Gasteiger partial charge in [0.05, 0.1) is 17.3 Å². The Hall–Kier alpha value is -2.38. The third-order valence-electron chi connectivity index (χ3n) is 3.80. The summed E-state index contributed by atoms with van der Waals surface area (Å²) >= 11 is 1.66. The number of methoxy groups -OCH3 is 1. The number of nitrogens with zero attached hydrogens (tertiary/aromatic N) is 1. The first-order valence-corrected chi connectivity index (χ1v) is 8.61. The van der Waals surface area contributed by atoms with Crippen LogP contribution in [0.4, 0.5) is 10.1 Å². The number of ether oxygens (including phenoxy) is 1. The van der Waals surface area contributed by atoms with Gasteiger partial charge in [0.15, 0.2) is 11.6 Å². The van der Waals surface area contributed by atoms with E-state index in [4.69, 9.17) is 4.74 Å². The average molecular weight is 361 g/mol. The molecular weight excluding hydrogens is 341 g/mol. The first kappa shape index (κ1) is 17.4. The third kappa shape index (κ3) is 3.52. The topological polar surface area (TPSA) is 57.4 Å². The molecule has 0 aliphatic rings. The van der Waals surface area contributed by atoms with Crippen LogP contribution in [-0.2, 0) is 6.54 Å². The summed E-state index contributed by atoms with van der Waals surface area (Å²) in [5, 5.41) is 2.75. The van der Waals surface area contributed by atoms with Crippen molar-refractivity contribution in [2.24, 2.45) is 0 Å². The summed E-state index contributed by atoms with van der Waals surface area (Å²) in [6.45, 7) is 2.68. The zero-order valence-electron chi connectivity index (χ0n) is 14.6. The van der Waals surface area contributed by atoms with Crippen molar-refractivity contribution < 1.29 is 13.9 Å². The zero-order valence-corrected chi connectivity index (χ0v) is 15.4. The summed E-state index contributed by atoms with van der Waals surface area (Å²) in [5.41, 5.74) is 2.79. The van der Waals surface area contributed by atoms with E-state index in [2.05, 4.69) is 10.3 Å². The van der Waals surface area contributed by atoms with E-state index < -0.39 is 5.82 Å². The van der Waals surface area contributed by atoms with Crippen LogP contribution in [0.15, 0.2) is 24.3 Å². The van der Waals surface area contributed by atoms with Gasteiger partial charge in [-0.05, 0) is 39.2 Å². The van der Waals surface area contributed by atoms with E-state index in [1.807, 2.05) is 32.0 Å². The summed E-state index contributed by atoms with van der Waals surface area (Å²) in [6, 6.07) is 6.38. The smallest absolute Gasteiger partial charge is 0.272 e. The summed E-state index contributed by atoms with van der Waals surface area (Å²) in [7, 11) is 5.32. The molecule has 132 valence electrons. The lowest BCUT2D eigenvalue weighted by molar-refractivity contribution is 0.102. The van der Waals surface area contributed by atoms with E-state index in [-0.39, 0.29) is 11.7 Å². The summed E-state index contributed by atoms with van der Waals surface area (Å²) in [6.07, 6.45) is 0. The van der Waals surface area contributed by atoms with Crippen LogP contribution in [0.2, 0.25) is 0 Å². The molecule has 3 rings (SSSR count). The highest BCUT2D eigenvalue weighted by Crippen LogP contribution is 2.32. The number of fused-ring (bicyclic) bond motifs is 1. The SMILES string of the molecule is COc1ccc(NC(=O)c2[nH]c3cc(C)sc3c2CN(C)C)cc1F. The van der Waals surface area contributed by atoms with Gasteiger partial charge in [0.25, 0.3) is 5.91 Å². The molecule has 0 radical (unpaired) electrons. The maximum absolute atomic E-state index is 13.8. The van der Waals surface area contributed by atoms with Crippen LogP contribution in [0, 0.1) is 12.7 Å². The molecule has 2 aromatic heterocycles. The van der Waals surface area contributed by atoms with Gasteiger partial charge >= 0.3 is 0 Å². The number of halogens is 1. The molecule has 0 fully saturated rings. The minimum Gasteiger partial charge on any atom is -0.494 e. The molecule has 0 saturated carbocycles. The minimum absolute atomic E-state index is 0.141. The molecule has 25 heavy (non-hydrogen) atoms. The number of benzene rings is 1. The summed E-state index contributed by atoms with van der Waals surface area (Å²) in [4.78, 5) is 19.1. The highest BCUT2D eigenvalue weighted by atomic mass is 32.1. The van der Waals surface area contributed by atoms with Crippen molar-refractivity contribution in [1.29, 1.82) is 0 Å². The van der Waals surface area contributed by atoms with Crippen molar-refractivity contribution >= 4 is 33.1 Å². The number of H-pyrrole nitrogens is 1. The van der Waals surface area contributed by atoms with Gasteiger partial charge in [0.2, 0.25) is 0 Å². The molecule has 0 atom stereocenters. The number of aromatic amines is 1. The van der Waals surface area contributed by atoms with Crippen molar-refractivity contribution in [3.05, 3.63) is 46.2 Å². The van der Waals surface area contributed by atoms with Crippen molar-refractivity contribution in [3.8, 4) is 5.75 Å². The Morgan fingerprint density at radius 2 is 2.12 bits per heavy atom. The quantitative estimate of drug-likeness (QED) is 0.722. The van der Waals surface area contributed by atoms with Crippen LogP contribution in [0.25, 0.3) is 10.2 Å². The number of amides is 1. The van der Waals surface area contributed by atoms with Gasteiger partial charge in [-0.3, -0.25) is 4.79 Å². The number of thiophene rings is 1. The number of carbonyl (C=O) groups is 1. The average Bonchev–Trinajstić information content (AvgIpc) is 3.04. The van der Waals surface area contributed by atoms with Crippen molar-refractivity contribution in [1.82, 2.24) is 9.88 Å². The third-order valence-corrected chi connectivity index (χ3v) is 4.91. The van der Waals surface area contributed by atoms with E-state index in [1.54, 1.807) is 17.4 Å². The van der Waals surface area contributed by atoms with E-state index >= 15 is 0 Å². The van der Waals surface area contributed by atoms with Crippen LogP contribution in [-0.4, -0.2) is 37.0 Å². The summed E-state index contributed by atoms with van der Waals surface area (Å²) < 4.78 is 19.8. The Bertz CT molecular complexity index is 930. The standard InChI is InChI=1S/C18H20FN3O2S/c1-10-7-14-17(25-10)12(9-22(2)3)16(21-14)18(23)20-11-5-6-15(24-4)13(19)8-11/h5-8,21H,9H2,1-4H3,(H,20,23). The van der Waals surface area contributed by atoms with Gasteiger partial charge in [-0.25, -0.2) is 4.39 Å². The highest BCUT2D eigenvalue weighted by Gasteiger charge is 2.20. The highest BCUT2D eigenvalue weighted by molar-refractivity contribution is 7.19. The Balaban J connectivity index is 1.93. The largest absolute Gasteiger partial charge is 0.494 e. The molecule has 2 N–H and O–H groups in total. The Kier molecular flexibility index (Phi) is 4.78. The van der Waals surface area contributed by atoms with Crippen LogP contribution < -0.4 is 10.1 Å². The molecule has 0 spiro atoms. The van der Waals surface area contributed by atoms with Gasteiger partial charge < -0.3 is 19.9 Å². The second-order valence-corrected chi connectivity index (χ2v) is 7.38. The molecule has 0 bridgehead atoms. The predicted octanol–water partition coefficient (Wildman–Crippen LogP) is 4.00. The molecule has 3 aromatic rings. The van der Waals surface area contributed by atoms with E-state index in [0.717, 1.165) is 15.8 Å². The van der Waals surface area contributed by atoms with E-state index in [0.29, 0.717) is 17.9 Å². The second-order valence-electron chi connectivity index (χ2n) is 6.12. The second kappa shape index (κ2) is 6.85. The van der Waals surface area contributed by atoms with Gasteiger partial charge in [-0.2, -0.15) is 0 Å². The monoisotopic (exact) mass is 361 g/mol. The fourth-order valence-electron chi connectivity index (χ4n) is 2.75. The molecule has 0 aliphatic carbocycles. The number of rotatable bonds is 5. The van der Waals surface area contributed by atoms with Gasteiger partial charge in [-0.1, -0.05) is 0 Å². The number of carbonyl (C=O) groups excluding carboxylic acids is 1. The fourth-order valence-corrected chi connectivity index (χ4v) is 3.76. The molecule has 0 saturated heterocycles. The lowest BCUT2D eigenvalue weighted by Gasteiger charge is -2.11. The van der Waals surface area contributed by atoms with E-state index in [1.165, 1.54) is 24.1 Å². The minimum atomic E-state index is -0.517. The number of aryl methyl sites for hydroxylation is 1. The van der Waals surface area contributed by atoms with Crippen molar-refractivity contribution in [3.63, 3.8) is 0 Å². The van der Waals surface area contributed by atoms with Gasteiger partial charge in [0.1, 0.15) is 5.69 Å². The van der Waals surface area contributed by atoms with Crippen molar-refractivity contribution in [2.75, 3.05) is 26.5 Å². The normalized spacial score (nSPS) is 11.3. The maximum Gasteiger partial charge on any atom is 0.272 e. The maximum atomic E-state index is 13.8. The molecule has 5 nitrogen and oxygen atoms in total. The molecule has 7 heteroatoms. The first-order valence-electron chi connectivity index (χ1n) is 7.79. The predicted molar refractivity (Wildman–Crippen MR) is 99.2 cm³/mol.